The summed E-state index contributed by atoms with van der Waals surface area (Å²) in [6, 6.07) is 3.36. The summed E-state index contributed by atoms with van der Waals surface area (Å²) in [5, 5.41) is 3.83. The van der Waals surface area contributed by atoms with Crippen molar-refractivity contribution in [3.63, 3.8) is 0 Å². The highest BCUT2D eigenvalue weighted by Gasteiger charge is 2.30. The van der Waals surface area contributed by atoms with Crippen molar-refractivity contribution >= 4 is 24.3 Å². The van der Waals surface area contributed by atoms with Gasteiger partial charge in [-0.05, 0) is 24.3 Å². The number of benzene rings is 1. The van der Waals surface area contributed by atoms with E-state index in [0.717, 1.165) is 24.3 Å². The van der Waals surface area contributed by atoms with E-state index in [9.17, 15) is 22.4 Å². The molecule has 0 aliphatic heterocycles. The minimum atomic E-state index is -4.48. The molecule has 3 N–H and O–H groups in total. The SMILES string of the molecule is Cl.NC(=NF)NC(=O)c1ccc(C(F)(F)F)cc1. The first kappa shape index (κ1) is 16.2. The van der Waals surface area contributed by atoms with Gasteiger partial charge in [0.2, 0.25) is 5.96 Å². The quantitative estimate of drug-likeness (QED) is 0.471. The smallest absolute Gasteiger partial charge is 0.367 e. The molecular weight excluding hydrogens is 278 g/mol. The second-order valence-corrected chi connectivity index (χ2v) is 3.00. The number of amides is 1. The van der Waals surface area contributed by atoms with Crippen molar-refractivity contribution in [2.24, 2.45) is 10.9 Å². The molecule has 0 unspecified atom stereocenters. The van der Waals surface area contributed by atoms with Crippen LogP contribution in [0.25, 0.3) is 0 Å². The van der Waals surface area contributed by atoms with Crippen molar-refractivity contribution < 1.29 is 22.4 Å². The summed E-state index contributed by atoms with van der Waals surface area (Å²) in [6.45, 7) is 0. The zero-order chi connectivity index (χ0) is 13.1. The van der Waals surface area contributed by atoms with Gasteiger partial charge in [0.15, 0.2) is 0 Å². The van der Waals surface area contributed by atoms with Gasteiger partial charge in [-0.15, -0.1) is 12.4 Å². The van der Waals surface area contributed by atoms with E-state index in [1.807, 2.05) is 10.5 Å². The van der Waals surface area contributed by atoms with E-state index >= 15 is 0 Å². The van der Waals surface area contributed by atoms with Gasteiger partial charge >= 0.3 is 6.18 Å². The number of hydrogen-bond acceptors (Lipinski definition) is 2. The monoisotopic (exact) mass is 285 g/mol. The summed E-state index contributed by atoms with van der Waals surface area (Å²) in [5.74, 6) is -1.62. The van der Waals surface area contributed by atoms with Gasteiger partial charge in [0, 0.05) is 5.56 Å². The summed E-state index contributed by atoms with van der Waals surface area (Å²) >= 11 is 0. The van der Waals surface area contributed by atoms with Crippen molar-refractivity contribution in [2.75, 3.05) is 0 Å². The molecule has 0 heterocycles. The van der Waals surface area contributed by atoms with E-state index in [1.165, 1.54) is 0 Å². The van der Waals surface area contributed by atoms with Crippen LogP contribution in [-0.4, -0.2) is 11.9 Å². The number of nitrogens with two attached hydrogens (primary N) is 1. The normalized spacial score (nSPS) is 11.7. The van der Waals surface area contributed by atoms with Gasteiger partial charge in [0.1, 0.15) is 0 Å². The Balaban J connectivity index is 0.00000289. The van der Waals surface area contributed by atoms with Gasteiger partial charge in [-0.3, -0.25) is 10.1 Å². The van der Waals surface area contributed by atoms with E-state index < -0.39 is 23.6 Å². The van der Waals surface area contributed by atoms with Crippen LogP contribution < -0.4 is 11.1 Å². The summed E-state index contributed by atoms with van der Waals surface area (Å²) < 4.78 is 48.2. The third kappa shape index (κ3) is 4.21. The van der Waals surface area contributed by atoms with Crippen molar-refractivity contribution in [1.29, 1.82) is 0 Å². The van der Waals surface area contributed by atoms with Crippen molar-refractivity contribution in [2.45, 2.75) is 6.18 Å². The van der Waals surface area contributed by atoms with Gasteiger partial charge in [-0.2, -0.15) is 13.2 Å². The molecule has 1 aromatic carbocycles. The lowest BCUT2D eigenvalue weighted by Gasteiger charge is -2.07. The average Bonchev–Trinajstić information content (AvgIpc) is 2.27. The maximum absolute atomic E-state index is 12.2. The molecule has 9 heteroatoms. The van der Waals surface area contributed by atoms with Crippen LogP contribution in [0.4, 0.5) is 17.7 Å². The summed E-state index contributed by atoms with van der Waals surface area (Å²) in [5.41, 5.74) is 3.89. The third-order valence-corrected chi connectivity index (χ3v) is 1.81. The molecule has 0 aliphatic rings. The molecule has 1 aromatic rings. The summed E-state index contributed by atoms with van der Waals surface area (Å²) in [6.07, 6.45) is -4.48. The fourth-order valence-electron chi connectivity index (χ4n) is 1.02. The molecule has 0 aliphatic carbocycles. The average molecular weight is 286 g/mol. The number of nitrogens with zero attached hydrogens (tertiary/aromatic N) is 1. The second-order valence-electron chi connectivity index (χ2n) is 3.00. The first-order chi connectivity index (χ1) is 7.84. The molecule has 0 spiro atoms. The van der Waals surface area contributed by atoms with Gasteiger partial charge in [-0.1, -0.05) is 9.70 Å². The lowest BCUT2D eigenvalue weighted by molar-refractivity contribution is -0.137. The van der Waals surface area contributed by atoms with Crippen LogP contribution in [0.15, 0.2) is 29.5 Å². The Morgan fingerprint density at radius 3 is 2.11 bits per heavy atom. The number of nitrogens with one attached hydrogen (secondary N) is 1. The molecule has 0 fully saturated rings. The molecule has 1 amide bonds. The third-order valence-electron chi connectivity index (χ3n) is 1.81. The Bertz CT molecular complexity index is 444. The van der Waals surface area contributed by atoms with E-state index in [2.05, 4.69) is 0 Å². The van der Waals surface area contributed by atoms with Gasteiger partial charge in [0.05, 0.1) is 5.56 Å². The predicted molar refractivity (Wildman–Crippen MR) is 58.9 cm³/mol. The molecular formula is C9H8ClF4N3O. The minimum absolute atomic E-state index is 0. The number of carbonyl (C=O) groups is 1. The van der Waals surface area contributed by atoms with Crippen LogP contribution >= 0.6 is 12.4 Å². The maximum Gasteiger partial charge on any atom is 0.416 e. The first-order valence-electron chi connectivity index (χ1n) is 4.27. The molecule has 0 atom stereocenters. The Labute approximate surface area is 105 Å². The zero-order valence-electron chi connectivity index (χ0n) is 8.66. The molecule has 0 saturated carbocycles. The highest BCUT2D eigenvalue weighted by Crippen LogP contribution is 2.28. The number of hydrogen-bond donors (Lipinski definition) is 2. The maximum atomic E-state index is 12.2. The Hall–Kier alpha value is -1.83. The van der Waals surface area contributed by atoms with Gasteiger partial charge in [-0.25, -0.2) is 0 Å². The van der Waals surface area contributed by atoms with Crippen LogP contribution in [0.2, 0.25) is 0 Å². The van der Waals surface area contributed by atoms with Crippen LogP contribution in [-0.2, 0) is 6.18 Å². The van der Waals surface area contributed by atoms with Crippen LogP contribution in [0.5, 0.6) is 0 Å². The van der Waals surface area contributed by atoms with E-state index in [-0.39, 0.29) is 18.0 Å². The first-order valence-corrected chi connectivity index (χ1v) is 4.27. The topological polar surface area (TPSA) is 67.5 Å². The molecule has 1 rings (SSSR count). The molecule has 0 radical (unpaired) electrons. The highest BCUT2D eigenvalue weighted by atomic mass is 35.5. The molecule has 100 valence electrons. The van der Waals surface area contributed by atoms with E-state index in [0.29, 0.717) is 0 Å². The lowest BCUT2D eigenvalue weighted by atomic mass is 10.1. The largest absolute Gasteiger partial charge is 0.416 e. The second kappa shape index (κ2) is 6.20. The molecule has 0 aromatic heterocycles. The zero-order valence-corrected chi connectivity index (χ0v) is 9.48. The van der Waals surface area contributed by atoms with Crippen LogP contribution in [0.3, 0.4) is 0 Å². The fraction of sp³-hybridized carbons (Fsp3) is 0.111. The Morgan fingerprint density at radius 2 is 1.72 bits per heavy atom. The van der Waals surface area contributed by atoms with Crippen LogP contribution in [0.1, 0.15) is 15.9 Å². The molecule has 0 bridgehead atoms. The van der Waals surface area contributed by atoms with Crippen molar-refractivity contribution in [3.05, 3.63) is 35.4 Å². The molecule has 4 nitrogen and oxygen atoms in total. The van der Waals surface area contributed by atoms with Crippen LogP contribution in [0, 0.1) is 0 Å². The lowest BCUT2D eigenvalue weighted by Crippen LogP contribution is -2.36. The van der Waals surface area contributed by atoms with Crippen molar-refractivity contribution in [3.8, 4) is 0 Å². The number of guanidine groups is 1. The van der Waals surface area contributed by atoms with Gasteiger partial charge in [0.25, 0.3) is 5.91 Å². The molecule has 18 heavy (non-hydrogen) atoms. The number of alkyl halides is 3. The fourth-order valence-corrected chi connectivity index (χ4v) is 1.02. The molecule has 0 saturated heterocycles. The van der Waals surface area contributed by atoms with Crippen molar-refractivity contribution in [1.82, 2.24) is 5.32 Å². The van der Waals surface area contributed by atoms with E-state index in [4.69, 9.17) is 5.73 Å². The number of carbonyl (C=O) groups excluding carboxylic acids is 1. The predicted octanol–water partition coefficient (Wildman–Crippen LogP) is 2.06. The summed E-state index contributed by atoms with van der Waals surface area (Å²) in [4.78, 5) is 11.3. The Kier molecular flexibility index (Phi) is 5.57. The number of rotatable bonds is 1. The Morgan fingerprint density at radius 1 is 1.22 bits per heavy atom. The standard InChI is InChI=1S/C9H7F4N3O.ClH/c10-9(11,12)6-3-1-5(2-4-6)7(17)15-8(14)16-13;/h1-4H,(H3,14,15,16,17);1H. The number of halogens is 5. The summed E-state index contributed by atoms with van der Waals surface area (Å²) in [7, 11) is 0. The van der Waals surface area contributed by atoms with E-state index in [1.54, 1.807) is 0 Å². The minimum Gasteiger partial charge on any atom is -0.367 e. The highest BCUT2D eigenvalue weighted by molar-refractivity contribution is 6.05. The van der Waals surface area contributed by atoms with Gasteiger partial charge < -0.3 is 5.73 Å².